The van der Waals surface area contributed by atoms with E-state index in [1.54, 1.807) is 4.90 Å². The summed E-state index contributed by atoms with van der Waals surface area (Å²) in [5, 5.41) is 4.20. The fourth-order valence-electron chi connectivity index (χ4n) is 4.38. The number of H-pyrrole nitrogens is 1. The summed E-state index contributed by atoms with van der Waals surface area (Å²) in [5.74, 6) is 0. The number of aromatic amines is 1. The number of hydrogen-bond donors (Lipinski definition) is 2. The largest absolute Gasteiger partial charge is 0.448 e. The predicted molar refractivity (Wildman–Crippen MR) is 121 cm³/mol. The number of anilines is 1. The molecular weight excluding hydrogens is 408 g/mol. The Labute approximate surface area is 186 Å². The van der Waals surface area contributed by atoms with Gasteiger partial charge in [0.25, 0.3) is 0 Å². The number of carbonyl (C=O) groups excluding carboxylic acids is 2. The van der Waals surface area contributed by atoms with Gasteiger partial charge in [0.2, 0.25) is 0 Å². The van der Waals surface area contributed by atoms with Crippen LogP contribution in [0.2, 0.25) is 0 Å². The van der Waals surface area contributed by atoms with Gasteiger partial charge in [-0.25, -0.2) is 9.59 Å². The lowest BCUT2D eigenvalue weighted by Gasteiger charge is -2.35. The molecule has 1 aromatic heterocycles. The molecule has 8 heteroatoms. The van der Waals surface area contributed by atoms with Crippen molar-refractivity contribution in [3.63, 3.8) is 0 Å². The van der Waals surface area contributed by atoms with Crippen molar-refractivity contribution in [3.05, 3.63) is 65.9 Å². The van der Waals surface area contributed by atoms with E-state index in [0.29, 0.717) is 51.6 Å². The average molecular weight is 434 g/mol. The monoisotopic (exact) mass is 434 g/mol. The molecule has 2 fully saturated rings. The molecule has 3 aromatic rings. The molecule has 3 amide bonds. The number of fused-ring (bicyclic) bond motifs is 1. The third-order valence-corrected chi connectivity index (χ3v) is 6.02. The zero-order valence-electron chi connectivity index (χ0n) is 17.8. The molecular formula is C24H26N4O4. The van der Waals surface area contributed by atoms with Gasteiger partial charge >= 0.3 is 12.1 Å². The third-order valence-electron chi connectivity index (χ3n) is 6.02. The fourth-order valence-corrected chi connectivity index (χ4v) is 4.38. The fraction of sp³-hybridized carbons (Fsp3) is 0.333. The maximum absolute atomic E-state index is 13.1. The molecule has 0 bridgehead atoms. The van der Waals surface area contributed by atoms with Gasteiger partial charge in [0.15, 0.2) is 0 Å². The van der Waals surface area contributed by atoms with Gasteiger partial charge < -0.3 is 29.6 Å². The van der Waals surface area contributed by atoms with Gasteiger partial charge in [-0.2, -0.15) is 0 Å². The Morgan fingerprint density at radius 3 is 2.91 bits per heavy atom. The maximum atomic E-state index is 13.1. The van der Waals surface area contributed by atoms with Crippen molar-refractivity contribution in [1.29, 1.82) is 0 Å². The minimum Gasteiger partial charge on any atom is -0.448 e. The molecule has 0 spiro atoms. The summed E-state index contributed by atoms with van der Waals surface area (Å²) < 4.78 is 10.7. The second kappa shape index (κ2) is 8.92. The first-order valence-electron chi connectivity index (χ1n) is 10.9. The first-order chi connectivity index (χ1) is 15.7. The number of ether oxygens (including phenoxy) is 2. The Morgan fingerprint density at radius 1 is 1.12 bits per heavy atom. The Bertz CT molecular complexity index is 1130. The summed E-state index contributed by atoms with van der Waals surface area (Å²) in [5.41, 5.74) is 3.92. The van der Waals surface area contributed by atoms with Gasteiger partial charge in [-0.1, -0.05) is 30.3 Å². The number of carbonyl (C=O) groups is 2. The number of para-hydroxylation sites is 1. The van der Waals surface area contributed by atoms with E-state index in [-0.39, 0.29) is 18.2 Å². The topological polar surface area (TPSA) is 86.9 Å². The lowest BCUT2D eigenvalue weighted by Crippen LogP contribution is -2.51. The summed E-state index contributed by atoms with van der Waals surface area (Å²) in [7, 11) is 0. The molecule has 3 heterocycles. The van der Waals surface area contributed by atoms with Crippen molar-refractivity contribution < 1.29 is 19.1 Å². The lowest BCUT2D eigenvalue weighted by molar-refractivity contribution is 0.0159. The zero-order valence-corrected chi connectivity index (χ0v) is 17.8. The van der Waals surface area contributed by atoms with Gasteiger partial charge in [0.05, 0.1) is 25.8 Å². The molecule has 2 aliphatic rings. The van der Waals surface area contributed by atoms with E-state index in [4.69, 9.17) is 9.47 Å². The molecule has 2 saturated heterocycles. The third kappa shape index (κ3) is 4.27. The number of amides is 3. The highest BCUT2D eigenvalue weighted by atomic mass is 16.6. The Hall–Kier alpha value is -3.52. The molecule has 8 nitrogen and oxygen atoms in total. The summed E-state index contributed by atoms with van der Waals surface area (Å²) in [6.07, 6.45) is 2.43. The Morgan fingerprint density at radius 2 is 2.03 bits per heavy atom. The molecule has 2 aromatic carbocycles. The Kier molecular flexibility index (Phi) is 5.68. The highest BCUT2D eigenvalue weighted by molar-refractivity contribution is 5.90. The van der Waals surface area contributed by atoms with Crippen LogP contribution >= 0.6 is 0 Å². The van der Waals surface area contributed by atoms with Crippen molar-refractivity contribution >= 4 is 28.7 Å². The highest BCUT2D eigenvalue weighted by Gasteiger charge is 2.28. The highest BCUT2D eigenvalue weighted by Crippen LogP contribution is 2.23. The van der Waals surface area contributed by atoms with Crippen LogP contribution in [-0.4, -0.2) is 65.9 Å². The van der Waals surface area contributed by atoms with Gasteiger partial charge in [-0.3, -0.25) is 0 Å². The van der Waals surface area contributed by atoms with Crippen LogP contribution in [0.4, 0.5) is 15.3 Å². The van der Waals surface area contributed by atoms with E-state index in [1.165, 1.54) is 10.9 Å². The van der Waals surface area contributed by atoms with Crippen LogP contribution in [0.3, 0.4) is 0 Å². The minimum absolute atomic E-state index is 0.0505. The van der Waals surface area contributed by atoms with Crippen LogP contribution in [0.1, 0.15) is 11.1 Å². The molecule has 0 saturated carbocycles. The summed E-state index contributed by atoms with van der Waals surface area (Å²) in [6, 6.07) is 15.6. The lowest BCUT2D eigenvalue weighted by atomic mass is 10.0. The van der Waals surface area contributed by atoms with Gasteiger partial charge in [-0.05, 0) is 35.7 Å². The number of rotatable bonds is 5. The molecule has 0 radical (unpaired) electrons. The SMILES string of the molecule is O=C1OCCN1Cc1cccc(NC(=O)N2CCOCC2Cc2c[nH]c3ccccc23)c1. The van der Waals surface area contributed by atoms with E-state index in [2.05, 4.69) is 22.4 Å². The van der Waals surface area contributed by atoms with Crippen molar-refractivity contribution in [2.45, 2.75) is 19.0 Å². The van der Waals surface area contributed by atoms with Crippen LogP contribution in [0, 0.1) is 0 Å². The van der Waals surface area contributed by atoms with Crippen LogP contribution in [0.25, 0.3) is 10.9 Å². The van der Waals surface area contributed by atoms with Crippen molar-refractivity contribution in [2.24, 2.45) is 0 Å². The first-order valence-corrected chi connectivity index (χ1v) is 10.9. The summed E-state index contributed by atoms with van der Waals surface area (Å²) >= 11 is 0. The van der Waals surface area contributed by atoms with Crippen molar-refractivity contribution in [3.8, 4) is 0 Å². The molecule has 32 heavy (non-hydrogen) atoms. The molecule has 1 unspecified atom stereocenters. The molecule has 5 rings (SSSR count). The second-order valence-electron chi connectivity index (χ2n) is 8.15. The van der Waals surface area contributed by atoms with Crippen LogP contribution in [-0.2, 0) is 22.4 Å². The number of hydrogen-bond acceptors (Lipinski definition) is 4. The second-order valence-corrected chi connectivity index (χ2v) is 8.15. The van der Waals surface area contributed by atoms with Crippen LogP contribution < -0.4 is 5.32 Å². The molecule has 2 N–H and O–H groups in total. The molecule has 2 aliphatic heterocycles. The van der Waals surface area contributed by atoms with E-state index in [9.17, 15) is 9.59 Å². The number of aromatic nitrogens is 1. The van der Waals surface area contributed by atoms with Crippen molar-refractivity contribution in [1.82, 2.24) is 14.8 Å². The number of benzene rings is 2. The van der Waals surface area contributed by atoms with E-state index < -0.39 is 0 Å². The molecule has 0 aliphatic carbocycles. The van der Waals surface area contributed by atoms with Gasteiger partial charge in [-0.15, -0.1) is 0 Å². The van der Waals surface area contributed by atoms with Crippen LogP contribution in [0.5, 0.6) is 0 Å². The van der Waals surface area contributed by atoms with Gasteiger partial charge in [0.1, 0.15) is 6.61 Å². The number of cyclic esters (lactones) is 1. The van der Waals surface area contributed by atoms with Crippen LogP contribution in [0.15, 0.2) is 54.7 Å². The quantitative estimate of drug-likeness (QED) is 0.643. The number of nitrogens with zero attached hydrogens (tertiary/aromatic N) is 2. The number of nitrogens with one attached hydrogen (secondary N) is 2. The first kappa shape index (κ1) is 20.4. The van der Waals surface area contributed by atoms with E-state index in [1.807, 2.05) is 47.5 Å². The molecule has 166 valence electrons. The van der Waals surface area contributed by atoms with E-state index >= 15 is 0 Å². The standard InChI is InChI=1S/C24H26N4O4/c29-23(26-19-5-3-4-17(12-19)15-27-8-11-32-24(27)30)28-9-10-31-16-20(28)13-18-14-25-22-7-2-1-6-21(18)22/h1-7,12,14,20,25H,8-11,13,15-16H2,(H,26,29). The maximum Gasteiger partial charge on any atom is 0.410 e. The summed E-state index contributed by atoms with van der Waals surface area (Å²) in [4.78, 5) is 31.7. The average Bonchev–Trinajstić information content (AvgIpc) is 3.40. The van der Waals surface area contributed by atoms with Crippen molar-refractivity contribution in [2.75, 3.05) is 38.2 Å². The predicted octanol–water partition coefficient (Wildman–Crippen LogP) is 3.60. The minimum atomic E-state index is -0.298. The zero-order chi connectivity index (χ0) is 21.9. The number of urea groups is 1. The summed E-state index contributed by atoms with van der Waals surface area (Å²) in [6.45, 7) is 3.03. The van der Waals surface area contributed by atoms with Gasteiger partial charge in [0, 0.05) is 35.9 Å². The Balaban J connectivity index is 1.27. The van der Waals surface area contributed by atoms with E-state index in [0.717, 1.165) is 11.1 Å². The molecule has 1 atom stereocenters. The normalized spacial score (nSPS) is 18.8. The smallest absolute Gasteiger partial charge is 0.410 e. The number of morpholine rings is 1.